The maximum atomic E-state index is 12.4. The number of halogens is 1. The molecule has 114 valence electrons. The molecule has 0 unspecified atom stereocenters. The Morgan fingerprint density at radius 3 is 2.67 bits per heavy atom. The van der Waals surface area contributed by atoms with Gasteiger partial charge in [-0.05, 0) is 0 Å². The normalized spacial score (nSPS) is 15.8. The molecule has 1 fully saturated rings. The molecule has 2 aromatic rings. The molecule has 21 heavy (non-hydrogen) atoms. The van der Waals surface area contributed by atoms with Crippen LogP contribution in [0.2, 0.25) is 0 Å². The summed E-state index contributed by atoms with van der Waals surface area (Å²) >= 11 is 0.0502. The Bertz CT molecular complexity index is 705. The van der Waals surface area contributed by atoms with Crippen LogP contribution in [-0.2, 0) is 11.3 Å². The van der Waals surface area contributed by atoms with E-state index in [1.54, 1.807) is 6.07 Å². The molecule has 0 spiro atoms. The molecule has 3 rings (SSSR count). The van der Waals surface area contributed by atoms with Crippen LogP contribution in [0.3, 0.4) is 0 Å². The predicted molar refractivity (Wildman–Crippen MR) is 81.5 cm³/mol. The zero-order chi connectivity index (χ0) is 14.8. The van der Waals surface area contributed by atoms with Crippen molar-refractivity contribution in [2.75, 3.05) is 36.1 Å². The molecular weight excluding hydrogens is 379 g/mol. The summed E-state index contributed by atoms with van der Waals surface area (Å²) < 4.78 is 8.71. The summed E-state index contributed by atoms with van der Waals surface area (Å²) in [4.78, 5) is 16.9. The number of nitrogens with zero attached hydrogens (tertiary/aromatic N) is 2. The molecule has 0 N–H and O–H groups in total. The maximum absolute atomic E-state index is 12.4. The third kappa shape index (κ3) is 2.81. The summed E-state index contributed by atoms with van der Waals surface area (Å²) in [7, 11) is 0. The average Bonchev–Trinajstić information content (AvgIpc) is 2.54. The Morgan fingerprint density at radius 1 is 1.24 bits per heavy atom. The predicted octanol–water partition coefficient (Wildman–Crippen LogP) is -1.25. The summed E-state index contributed by atoms with van der Waals surface area (Å²) in [6.45, 7) is 5.92. The fourth-order valence-electron chi connectivity index (χ4n) is 2.85. The second-order valence-electron chi connectivity index (χ2n) is 5.06. The molecule has 0 aliphatic carbocycles. The van der Waals surface area contributed by atoms with Crippen LogP contribution in [0.5, 0.6) is 0 Å². The van der Waals surface area contributed by atoms with E-state index in [1.165, 1.54) is 8.96 Å². The standard InChI is InChI=1S/C16H20IN2O2/c1-3-19-14-5-4-12(17-2)10-13(14)15(11-16(19)20)18-6-8-21-9-7-18/h4-5,10-11H,3,6-9H2,1-2H3/q-1. The Morgan fingerprint density at radius 2 is 2.00 bits per heavy atom. The molecule has 0 amide bonds. The number of ether oxygens (including phenoxy) is 1. The molecule has 4 nitrogen and oxygen atoms in total. The Kier molecular flexibility index (Phi) is 4.49. The van der Waals surface area contributed by atoms with Gasteiger partial charge in [-0.1, -0.05) is 0 Å². The van der Waals surface area contributed by atoms with Gasteiger partial charge in [0.2, 0.25) is 0 Å². The van der Waals surface area contributed by atoms with E-state index in [2.05, 4.69) is 28.0 Å². The first-order valence-electron chi connectivity index (χ1n) is 7.24. The van der Waals surface area contributed by atoms with Gasteiger partial charge in [0.15, 0.2) is 0 Å². The SMILES string of the molecule is CCn1c(=O)cc(N2CCOCC2)c2cc([I-]C)ccc21. The van der Waals surface area contributed by atoms with E-state index in [4.69, 9.17) is 4.74 Å². The molecule has 1 saturated heterocycles. The van der Waals surface area contributed by atoms with E-state index in [-0.39, 0.29) is 26.8 Å². The number of aromatic nitrogens is 1. The van der Waals surface area contributed by atoms with Crippen molar-refractivity contribution in [1.29, 1.82) is 0 Å². The number of benzene rings is 1. The van der Waals surface area contributed by atoms with Gasteiger partial charge in [-0.15, -0.1) is 0 Å². The molecule has 5 heteroatoms. The van der Waals surface area contributed by atoms with Crippen molar-refractivity contribution in [3.63, 3.8) is 0 Å². The Balaban J connectivity index is 2.24. The van der Waals surface area contributed by atoms with Gasteiger partial charge in [-0.2, -0.15) is 0 Å². The van der Waals surface area contributed by atoms with Gasteiger partial charge in [0.25, 0.3) is 0 Å². The van der Waals surface area contributed by atoms with Crippen LogP contribution in [0.15, 0.2) is 29.1 Å². The molecule has 1 aromatic carbocycles. The molecule has 0 atom stereocenters. The third-order valence-electron chi connectivity index (χ3n) is 3.94. The van der Waals surface area contributed by atoms with Gasteiger partial charge in [0.05, 0.1) is 0 Å². The quantitative estimate of drug-likeness (QED) is 0.478. The minimum absolute atomic E-state index is 0.0502. The average molecular weight is 399 g/mol. The van der Waals surface area contributed by atoms with Crippen molar-refractivity contribution >= 4 is 16.6 Å². The zero-order valence-corrected chi connectivity index (χ0v) is 14.6. The van der Waals surface area contributed by atoms with E-state index in [0.29, 0.717) is 6.54 Å². The van der Waals surface area contributed by atoms with Crippen molar-refractivity contribution in [2.24, 2.45) is 0 Å². The fourth-order valence-corrected chi connectivity index (χ4v) is 4.01. The van der Waals surface area contributed by atoms with Crippen molar-refractivity contribution in [1.82, 2.24) is 4.57 Å². The molecule has 0 saturated carbocycles. The van der Waals surface area contributed by atoms with E-state index in [0.717, 1.165) is 37.5 Å². The van der Waals surface area contributed by atoms with Crippen molar-refractivity contribution in [3.8, 4) is 0 Å². The van der Waals surface area contributed by atoms with Crippen LogP contribution >= 0.6 is 0 Å². The third-order valence-corrected chi connectivity index (χ3v) is 5.85. The summed E-state index contributed by atoms with van der Waals surface area (Å²) in [5.74, 6) is 0. The Labute approximate surface area is 135 Å². The summed E-state index contributed by atoms with van der Waals surface area (Å²) in [5, 5.41) is 1.21. The summed E-state index contributed by atoms with van der Waals surface area (Å²) in [6, 6.07) is 8.36. The van der Waals surface area contributed by atoms with Gasteiger partial charge in [0, 0.05) is 0 Å². The minimum atomic E-state index is 0.0502. The number of rotatable bonds is 3. The number of hydrogen-bond donors (Lipinski definition) is 0. The molecule has 0 bridgehead atoms. The number of hydrogen-bond acceptors (Lipinski definition) is 3. The molecule has 2 heterocycles. The molecule has 1 aromatic heterocycles. The Hall–Kier alpha value is -1.08. The first kappa shape index (κ1) is 14.8. The van der Waals surface area contributed by atoms with Gasteiger partial charge < -0.3 is 0 Å². The number of fused-ring (bicyclic) bond motifs is 1. The van der Waals surface area contributed by atoms with Crippen molar-refractivity contribution < 1.29 is 25.9 Å². The van der Waals surface area contributed by atoms with Crippen LogP contribution < -0.4 is 31.7 Å². The van der Waals surface area contributed by atoms with Crippen LogP contribution in [0.1, 0.15) is 6.92 Å². The first-order chi connectivity index (χ1) is 10.2. The van der Waals surface area contributed by atoms with Crippen molar-refractivity contribution in [2.45, 2.75) is 13.5 Å². The van der Waals surface area contributed by atoms with Crippen LogP contribution in [0.25, 0.3) is 10.9 Å². The number of alkyl halides is 1. The molecule has 0 radical (unpaired) electrons. The molecule has 1 aliphatic rings. The van der Waals surface area contributed by atoms with E-state index in [9.17, 15) is 4.79 Å². The number of pyridine rings is 1. The zero-order valence-electron chi connectivity index (χ0n) is 12.4. The summed E-state index contributed by atoms with van der Waals surface area (Å²) in [6.07, 6.45) is 0. The van der Waals surface area contributed by atoms with Gasteiger partial charge in [-0.25, -0.2) is 0 Å². The van der Waals surface area contributed by atoms with E-state index >= 15 is 0 Å². The number of anilines is 1. The van der Waals surface area contributed by atoms with Gasteiger partial charge >= 0.3 is 135 Å². The van der Waals surface area contributed by atoms with E-state index < -0.39 is 0 Å². The van der Waals surface area contributed by atoms with Crippen LogP contribution in [0, 0.1) is 3.57 Å². The van der Waals surface area contributed by atoms with Crippen LogP contribution in [0.4, 0.5) is 5.69 Å². The number of aryl methyl sites for hydroxylation is 1. The van der Waals surface area contributed by atoms with Gasteiger partial charge in [-0.3, -0.25) is 0 Å². The second-order valence-corrected chi connectivity index (χ2v) is 7.39. The number of morpholine rings is 1. The monoisotopic (exact) mass is 399 g/mol. The molecular formula is C16H20IN2O2-. The van der Waals surface area contributed by atoms with Gasteiger partial charge in [0.1, 0.15) is 0 Å². The van der Waals surface area contributed by atoms with E-state index in [1.807, 2.05) is 11.5 Å². The summed E-state index contributed by atoms with van der Waals surface area (Å²) in [5.41, 5.74) is 2.21. The second kappa shape index (κ2) is 6.36. The fraction of sp³-hybridized carbons (Fsp3) is 0.438. The van der Waals surface area contributed by atoms with Crippen LogP contribution in [-0.4, -0.2) is 35.8 Å². The van der Waals surface area contributed by atoms with Crippen molar-refractivity contribution in [3.05, 3.63) is 38.2 Å². The first-order valence-corrected chi connectivity index (χ1v) is 10.5. The topological polar surface area (TPSA) is 34.5 Å². The molecule has 1 aliphatic heterocycles.